The van der Waals surface area contributed by atoms with E-state index in [2.05, 4.69) is 10.6 Å². The maximum Gasteiger partial charge on any atom is 0.325 e. The van der Waals surface area contributed by atoms with Crippen molar-refractivity contribution in [3.63, 3.8) is 0 Å². The van der Waals surface area contributed by atoms with Gasteiger partial charge in [0.15, 0.2) is 0 Å². The molecular formula is C7H11N3O2. The van der Waals surface area contributed by atoms with Crippen LogP contribution in [0.1, 0.15) is 6.92 Å². The molecule has 1 unspecified atom stereocenters. The van der Waals surface area contributed by atoms with Gasteiger partial charge < -0.3 is 10.6 Å². The topological polar surface area (TPSA) is 61.4 Å². The average molecular weight is 169 g/mol. The minimum atomic E-state index is -0.349. The Labute approximate surface area is 70.1 Å². The van der Waals surface area contributed by atoms with Crippen molar-refractivity contribution >= 4 is 11.9 Å². The second kappa shape index (κ2) is 2.45. The molecule has 2 saturated heterocycles. The number of imide groups is 1. The molecule has 2 aliphatic rings. The van der Waals surface area contributed by atoms with Crippen LogP contribution in [0.25, 0.3) is 0 Å². The first-order valence-electron chi connectivity index (χ1n) is 4.04. The minimum Gasteiger partial charge on any atom is -0.326 e. The van der Waals surface area contributed by atoms with Gasteiger partial charge in [-0.2, -0.15) is 0 Å². The number of urea groups is 1. The van der Waals surface area contributed by atoms with Crippen LogP contribution in [0.4, 0.5) is 4.79 Å². The SMILES string of the molecule is CC1NC(=O)N(C2CNC2)C1=O. The molecule has 0 saturated carbocycles. The number of carbonyl (C=O) groups is 2. The standard InChI is InChI=1S/C7H11N3O2/c1-4-6(11)10(7(12)9-4)5-2-8-3-5/h4-5,8H,2-3H2,1H3,(H,9,12). The number of nitrogens with one attached hydrogen (secondary N) is 2. The highest BCUT2D eigenvalue weighted by Gasteiger charge is 2.41. The lowest BCUT2D eigenvalue weighted by Crippen LogP contribution is -2.59. The van der Waals surface area contributed by atoms with Gasteiger partial charge in [0.1, 0.15) is 6.04 Å². The monoisotopic (exact) mass is 169 g/mol. The van der Waals surface area contributed by atoms with Crippen LogP contribution in [0.5, 0.6) is 0 Å². The zero-order valence-electron chi connectivity index (χ0n) is 6.83. The largest absolute Gasteiger partial charge is 0.326 e. The van der Waals surface area contributed by atoms with Crippen LogP contribution in [-0.2, 0) is 4.79 Å². The Kier molecular flexibility index (Phi) is 1.54. The van der Waals surface area contributed by atoms with Crippen molar-refractivity contribution in [3.05, 3.63) is 0 Å². The zero-order chi connectivity index (χ0) is 8.72. The van der Waals surface area contributed by atoms with E-state index in [4.69, 9.17) is 0 Å². The first kappa shape index (κ1) is 7.54. The van der Waals surface area contributed by atoms with E-state index >= 15 is 0 Å². The van der Waals surface area contributed by atoms with Crippen molar-refractivity contribution < 1.29 is 9.59 Å². The molecule has 3 amide bonds. The highest BCUT2D eigenvalue weighted by atomic mass is 16.2. The van der Waals surface area contributed by atoms with Crippen molar-refractivity contribution in [1.82, 2.24) is 15.5 Å². The highest BCUT2D eigenvalue weighted by molar-refractivity contribution is 6.04. The lowest BCUT2D eigenvalue weighted by atomic mass is 10.1. The Hall–Kier alpha value is -1.10. The van der Waals surface area contributed by atoms with Crippen LogP contribution in [0.3, 0.4) is 0 Å². The summed E-state index contributed by atoms with van der Waals surface area (Å²) in [5, 5.41) is 5.60. The molecule has 0 spiro atoms. The number of amides is 3. The molecule has 0 radical (unpaired) electrons. The predicted molar refractivity (Wildman–Crippen MR) is 41.5 cm³/mol. The van der Waals surface area contributed by atoms with E-state index in [1.807, 2.05) is 0 Å². The first-order valence-corrected chi connectivity index (χ1v) is 4.04. The quantitative estimate of drug-likeness (QED) is 0.490. The summed E-state index contributed by atoms with van der Waals surface area (Å²) in [6, 6.07) is -0.528. The van der Waals surface area contributed by atoms with Crippen molar-refractivity contribution in [2.24, 2.45) is 0 Å². The maximum absolute atomic E-state index is 11.4. The lowest BCUT2D eigenvalue weighted by molar-refractivity contribution is -0.129. The highest BCUT2D eigenvalue weighted by Crippen LogP contribution is 2.12. The molecule has 0 bridgehead atoms. The van der Waals surface area contributed by atoms with E-state index in [1.54, 1.807) is 6.92 Å². The minimum absolute atomic E-state index is 0.0717. The summed E-state index contributed by atoms with van der Waals surface area (Å²) in [5.41, 5.74) is 0. The molecule has 0 aromatic rings. The Bertz CT molecular complexity index is 237. The van der Waals surface area contributed by atoms with Gasteiger partial charge >= 0.3 is 6.03 Å². The summed E-state index contributed by atoms with van der Waals surface area (Å²) in [7, 11) is 0. The van der Waals surface area contributed by atoms with Gasteiger partial charge in [0.05, 0.1) is 6.04 Å². The third-order valence-corrected chi connectivity index (χ3v) is 2.29. The van der Waals surface area contributed by atoms with Gasteiger partial charge in [-0.15, -0.1) is 0 Å². The maximum atomic E-state index is 11.4. The van der Waals surface area contributed by atoms with Crippen LogP contribution < -0.4 is 10.6 Å². The molecule has 1 atom stereocenters. The number of rotatable bonds is 1. The fraction of sp³-hybridized carbons (Fsp3) is 0.714. The normalized spacial score (nSPS) is 30.4. The zero-order valence-corrected chi connectivity index (χ0v) is 6.83. The molecule has 0 aromatic carbocycles. The van der Waals surface area contributed by atoms with Crippen LogP contribution in [0, 0.1) is 0 Å². The van der Waals surface area contributed by atoms with Gasteiger partial charge in [-0.3, -0.25) is 9.69 Å². The van der Waals surface area contributed by atoms with Gasteiger partial charge in [-0.1, -0.05) is 0 Å². The third-order valence-electron chi connectivity index (χ3n) is 2.29. The first-order chi connectivity index (χ1) is 5.70. The Morgan fingerprint density at radius 3 is 2.42 bits per heavy atom. The van der Waals surface area contributed by atoms with Gasteiger partial charge in [-0.25, -0.2) is 4.79 Å². The summed E-state index contributed by atoms with van der Waals surface area (Å²) in [6.45, 7) is 3.16. The molecule has 12 heavy (non-hydrogen) atoms. The van der Waals surface area contributed by atoms with E-state index in [0.717, 1.165) is 13.1 Å². The van der Waals surface area contributed by atoms with Crippen LogP contribution in [0.15, 0.2) is 0 Å². The molecule has 2 N–H and O–H groups in total. The molecule has 2 heterocycles. The van der Waals surface area contributed by atoms with Gasteiger partial charge in [0, 0.05) is 13.1 Å². The molecule has 0 aromatic heterocycles. The molecule has 66 valence electrons. The molecule has 2 rings (SSSR count). The second-order valence-corrected chi connectivity index (χ2v) is 3.19. The van der Waals surface area contributed by atoms with Gasteiger partial charge in [0.25, 0.3) is 5.91 Å². The third kappa shape index (κ3) is 0.896. The summed E-state index contributed by atoms with van der Waals surface area (Å²) in [5.74, 6) is -0.105. The van der Waals surface area contributed by atoms with E-state index in [0.29, 0.717) is 0 Å². The van der Waals surface area contributed by atoms with Crippen molar-refractivity contribution in [2.75, 3.05) is 13.1 Å². The second-order valence-electron chi connectivity index (χ2n) is 3.19. The van der Waals surface area contributed by atoms with Crippen molar-refractivity contribution in [1.29, 1.82) is 0 Å². The van der Waals surface area contributed by atoms with E-state index < -0.39 is 0 Å². The number of hydrogen-bond acceptors (Lipinski definition) is 3. The average Bonchev–Trinajstić information content (AvgIpc) is 2.13. The number of hydrogen-bond donors (Lipinski definition) is 2. The van der Waals surface area contributed by atoms with Crippen molar-refractivity contribution in [2.45, 2.75) is 19.0 Å². The molecule has 2 fully saturated rings. The molecule has 0 aliphatic carbocycles. The fourth-order valence-electron chi connectivity index (χ4n) is 1.43. The van der Waals surface area contributed by atoms with Gasteiger partial charge in [0.2, 0.25) is 0 Å². The Morgan fingerprint density at radius 1 is 1.42 bits per heavy atom. The van der Waals surface area contributed by atoms with Gasteiger partial charge in [-0.05, 0) is 6.92 Å². The van der Waals surface area contributed by atoms with E-state index in [9.17, 15) is 9.59 Å². The molecular weight excluding hydrogens is 158 g/mol. The van der Waals surface area contributed by atoms with Crippen molar-refractivity contribution in [3.8, 4) is 0 Å². The Balaban J connectivity index is 2.12. The summed E-state index contributed by atoms with van der Waals surface area (Å²) in [4.78, 5) is 23.9. The number of nitrogens with zero attached hydrogens (tertiary/aromatic N) is 1. The summed E-state index contributed by atoms with van der Waals surface area (Å²) < 4.78 is 0. The summed E-state index contributed by atoms with van der Waals surface area (Å²) >= 11 is 0. The fourth-order valence-corrected chi connectivity index (χ4v) is 1.43. The molecule has 5 nitrogen and oxygen atoms in total. The smallest absolute Gasteiger partial charge is 0.325 e. The predicted octanol–water partition coefficient (Wildman–Crippen LogP) is -1.10. The molecule has 5 heteroatoms. The van der Waals surface area contributed by atoms with E-state index in [1.165, 1.54) is 4.90 Å². The van der Waals surface area contributed by atoms with Crippen LogP contribution >= 0.6 is 0 Å². The van der Waals surface area contributed by atoms with E-state index in [-0.39, 0.29) is 24.0 Å². The number of carbonyl (C=O) groups excluding carboxylic acids is 2. The lowest BCUT2D eigenvalue weighted by Gasteiger charge is -2.33. The summed E-state index contributed by atoms with van der Waals surface area (Å²) in [6.07, 6.45) is 0. The van der Waals surface area contributed by atoms with Crippen LogP contribution in [-0.4, -0.2) is 42.0 Å². The molecule has 2 aliphatic heterocycles. The van der Waals surface area contributed by atoms with Crippen LogP contribution in [0.2, 0.25) is 0 Å². The Morgan fingerprint density at radius 2 is 2.08 bits per heavy atom.